The van der Waals surface area contributed by atoms with Gasteiger partial charge in [-0.25, -0.2) is 0 Å². The van der Waals surface area contributed by atoms with Crippen LogP contribution in [-0.2, 0) is 0 Å². The predicted molar refractivity (Wildman–Crippen MR) is 221 cm³/mol. The van der Waals surface area contributed by atoms with Gasteiger partial charge in [0.05, 0.1) is 0 Å². The Kier molecular flexibility index (Phi) is 13.0. The second-order valence-corrected chi connectivity index (χ2v) is 21.6. The van der Waals surface area contributed by atoms with Gasteiger partial charge in [0, 0.05) is 36.3 Å². The number of hydrogen-bond acceptors (Lipinski definition) is 2. The summed E-state index contributed by atoms with van der Waals surface area (Å²) in [6, 6.07) is 5.53. The molecule has 0 aromatic rings. The fourth-order valence-corrected chi connectivity index (χ4v) is 16.9. The van der Waals surface area contributed by atoms with Crippen molar-refractivity contribution in [3.8, 4) is 0 Å². The summed E-state index contributed by atoms with van der Waals surface area (Å²) in [6.07, 6.45) is 55.8. The molecule has 9 aliphatic carbocycles. The molecule has 0 radical (unpaired) electrons. The van der Waals surface area contributed by atoms with E-state index in [1.807, 2.05) is 0 Å². The summed E-state index contributed by atoms with van der Waals surface area (Å²) in [4.78, 5) is 7.06. The Morgan fingerprint density at radius 1 is 0.212 bits per heavy atom. The Labute approximate surface area is 323 Å². The Bertz CT molecular complexity index is 954. The fourth-order valence-electron chi connectivity index (χ4n) is 16.9. The number of nitrogens with zero attached hydrogens (tertiary/aromatic N) is 2. The van der Waals surface area contributed by atoms with Crippen LogP contribution in [0.1, 0.15) is 231 Å². The second kappa shape index (κ2) is 18.0. The largest absolute Gasteiger partial charge is 0.294 e. The highest BCUT2D eigenvalue weighted by molar-refractivity contribution is 5.10. The van der Waals surface area contributed by atoms with E-state index in [1.165, 1.54) is 103 Å². The van der Waals surface area contributed by atoms with Gasteiger partial charge >= 0.3 is 0 Å². The molecule has 0 amide bonds. The van der Waals surface area contributed by atoms with E-state index in [-0.39, 0.29) is 0 Å². The van der Waals surface area contributed by atoms with Crippen LogP contribution in [0, 0.1) is 47.3 Å². The van der Waals surface area contributed by atoms with Crippen molar-refractivity contribution in [2.75, 3.05) is 0 Å². The predicted octanol–water partition coefficient (Wildman–Crippen LogP) is 13.9. The molecule has 0 N–H and O–H groups in total. The SMILES string of the molecule is C1CCC(C2CCCC(N(C3CCCCC3)C3C4CCCCC4C(N(C4CCCCC4)C4CCCC(C5CCCCC5)C4)C4CCCCC43)C2)CC1. The zero-order valence-electron chi connectivity index (χ0n) is 34.4. The molecule has 0 aromatic carbocycles. The standard InChI is InChI=1S/C50H86N2/c1-5-19-37(20-6-1)39-23-17-29-43(35-39)51(41-25-9-3-10-26-41)49-45-31-13-15-33-47(45)50(48-34-16-14-32-46(48)49)52(42-27-11-4-12-28-42)44-30-18-24-40(36-44)38-21-7-2-8-22-38/h37-50H,1-36H2. The Hall–Kier alpha value is -0.0800. The maximum atomic E-state index is 3.53. The molecule has 0 heterocycles. The molecule has 0 aromatic heterocycles. The lowest BCUT2D eigenvalue weighted by Gasteiger charge is -2.65. The third-order valence-corrected chi connectivity index (χ3v) is 19.0. The molecule has 0 spiro atoms. The molecule has 2 heteroatoms. The van der Waals surface area contributed by atoms with Gasteiger partial charge in [0.25, 0.3) is 0 Å². The van der Waals surface area contributed by atoms with Crippen molar-refractivity contribution in [3.63, 3.8) is 0 Å². The maximum absolute atomic E-state index is 3.53. The topological polar surface area (TPSA) is 6.48 Å². The van der Waals surface area contributed by atoms with Crippen LogP contribution in [0.25, 0.3) is 0 Å². The van der Waals surface area contributed by atoms with Crippen molar-refractivity contribution in [1.29, 1.82) is 0 Å². The van der Waals surface area contributed by atoms with Crippen molar-refractivity contribution < 1.29 is 0 Å². The quantitative estimate of drug-likeness (QED) is 0.247. The third-order valence-electron chi connectivity index (χ3n) is 19.0. The van der Waals surface area contributed by atoms with Crippen LogP contribution in [0.5, 0.6) is 0 Å². The average molecular weight is 715 g/mol. The molecular weight excluding hydrogens is 629 g/mol. The van der Waals surface area contributed by atoms with Gasteiger partial charge in [-0.3, -0.25) is 9.80 Å². The molecule has 9 fully saturated rings. The summed E-state index contributed by atoms with van der Waals surface area (Å²) in [5.41, 5.74) is 0. The molecule has 8 atom stereocenters. The van der Waals surface area contributed by atoms with E-state index < -0.39 is 0 Å². The van der Waals surface area contributed by atoms with Crippen LogP contribution >= 0.6 is 0 Å². The zero-order chi connectivity index (χ0) is 34.7. The van der Waals surface area contributed by atoms with Gasteiger partial charge in [-0.2, -0.15) is 0 Å². The highest BCUT2D eigenvalue weighted by Crippen LogP contribution is 2.57. The van der Waals surface area contributed by atoms with Crippen molar-refractivity contribution in [2.45, 2.75) is 267 Å². The first-order valence-electron chi connectivity index (χ1n) is 25.4. The summed E-state index contributed by atoms with van der Waals surface area (Å²) in [7, 11) is 0. The van der Waals surface area contributed by atoms with Gasteiger partial charge in [-0.1, -0.05) is 154 Å². The summed E-state index contributed by atoms with van der Waals surface area (Å²) in [6.45, 7) is 0. The van der Waals surface area contributed by atoms with E-state index in [4.69, 9.17) is 0 Å². The van der Waals surface area contributed by atoms with Crippen molar-refractivity contribution in [2.24, 2.45) is 47.3 Å². The number of hydrogen-bond donors (Lipinski definition) is 0. The normalized spacial score (nSPS) is 42.6. The van der Waals surface area contributed by atoms with Crippen LogP contribution in [0.4, 0.5) is 0 Å². The van der Waals surface area contributed by atoms with E-state index in [0.29, 0.717) is 0 Å². The van der Waals surface area contributed by atoms with Crippen LogP contribution < -0.4 is 0 Å². The summed E-state index contributed by atoms with van der Waals surface area (Å²) < 4.78 is 0. The van der Waals surface area contributed by atoms with E-state index in [0.717, 1.165) is 83.6 Å². The van der Waals surface area contributed by atoms with Crippen LogP contribution in [-0.4, -0.2) is 46.1 Å². The third kappa shape index (κ3) is 8.04. The molecule has 0 aliphatic heterocycles. The molecule has 2 nitrogen and oxygen atoms in total. The van der Waals surface area contributed by atoms with Crippen molar-refractivity contribution >= 4 is 0 Å². The highest BCUT2D eigenvalue weighted by Gasteiger charge is 2.58. The lowest BCUT2D eigenvalue weighted by molar-refractivity contribution is -0.150. The van der Waals surface area contributed by atoms with Gasteiger partial charge in [-0.05, 0) is 124 Å². The molecule has 296 valence electrons. The monoisotopic (exact) mass is 715 g/mol. The van der Waals surface area contributed by atoms with E-state index in [1.54, 1.807) is 128 Å². The molecule has 9 saturated carbocycles. The Morgan fingerprint density at radius 3 is 0.827 bits per heavy atom. The Morgan fingerprint density at radius 2 is 0.481 bits per heavy atom. The second-order valence-electron chi connectivity index (χ2n) is 21.6. The minimum atomic E-state index is 0.916. The highest BCUT2D eigenvalue weighted by atomic mass is 15.3. The molecule has 52 heavy (non-hydrogen) atoms. The average Bonchev–Trinajstić information content (AvgIpc) is 3.23. The van der Waals surface area contributed by atoms with Gasteiger partial charge < -0.3 is 0 Å². The minimum absolute atomic E-state index is 0.916. The fraction of sp³-hybridized carbons (Fsp3) is 1.00. The van der Waals surface area contributed by atoms with Crippen molar-refractivity contribution in [3.05, 3.63) is 0 Å². The van der Waals surface area contributed by atoms with Crippen LogP contribution in [0.3, 0.4) is 0 Å². The Balaban J connectivity index is 1.05. The summed E-state index contributed by atoms with van der Waals surface area (Å²) in [5.74, 6) is 8.24. The smallest absolute Gasteiger partial charge is 0.0164 e. The van der Waals surface area contributed by atoms with E-state index in [9.17, 15) is 0 Å². The molecule has 9 rings (SSSR count). The van der Waals surface area contributed by atoms with Gasteiger partial charge in [0.2, 0.25) is 0 Å². The van der Waals surface area contributed by atoms with Crippen LogP contribution in [0.15, 0.2) is 0 Å². The molecule has 0 bridgehead atoms. The first-order chi connectivity index (χ1) is 25.8. The summed E-state index contributed by atoms with van der Waals surface area (Å²) in [5, 5.41) is 0. The molecule has 9 aliphatic rings. The van der Waals surface area contributed by atoms with Gasteiger partial charge in [-0.15, -0.1) is 0 Å². The van der Waals surface area contributed by atoms with Crippen molar-refractivity contribution in [1.82, 2.24) is 9.80 Å². The molecule has 0 saturated heterocycles. The minimum Gasteiger partial charge on any atom is -0.294 e. The summed E-state index contributed by atoms with van der Waals surface area (Å²) >= 11 is 0. The zero-order valence-corrected chi connectivity index (χ0v) is 34.4. The number of rotatable bonds is 8. The van der Waals surface area contributed by atoms with Gasteiger partial charge in [0.15, 0.2) is 0 Å². The molecule has 8 unspecified atom stereocenters. The molecular formula is C50H86N2. The number of fused-ring (bicyclic) bond motifs is 2. The van der Waals surface area contributed by atoms with E-state index >= 15 is 0 Å². The van der Waals surface area contributed by atoms with Gasteiger partial charge in [0.1, 0.15) is 0 Å². The maximum Gasteiger partial charge on any atom is 0.0164 e. The lowest BCUT2D eigenvalue weighted by atomic mass is 9.53. The first-order valence-corrected chi connectivity index (χ1v) is 25.4. The van der Waals surface area contributed by atoms with Crippen LogP contribution in [0.2, 0.25) is 0 Å². The first kappa shape index (κ1) is 37.5. The lowest BCUT2D eigenvalue weighted by Crippen LogP contribution is -2.69. The van der Waals surface area contributed by atoms with E-state index in [2.05, 4.69) is 9.80 Å².